The normalized spacial score (nSPS) is 13.5. The highest BCUT2D eigenvalue weighted by atomic mass is 35.5. The largest absolute Gasteiger partial charge is 0.478 e. The topological polar surface area (TPSA) is 109 Å². The molecule has 0 fully saturated rings. The lowest BCUT2D eigenvalue weighted by Gasteiger charge is -2.43. The van der Waals surface area contributed by atoms with Gasteiger partial charge in [0.2, 0.25) is 11.5 Å². The highest BCUT2D eigenvalue weighted by Gasteiger charge is 2.50. The molecule has 0 unspecified atom stereocenters. The number of hydrogen-bond donors (Lipinski definition) is 1. The van der Waals surface area contributed by atoms with Gasteiger partial charge in [-0.25, -0.2) is 19.4 Å². The van der Waals surface area contributed by atoms with Gasteiger partial charge in [0.15, 0.2) is 5.65 Å². The summed E-state index contributed by atoms with van der Waals surface area (Å²) in [4.78, 5) is 21.0. The predicted molar refractivity (Wildman–Crippen MR) is 173 cm³/mol. The number of nitrogens with zero attached hydrogens (tertiary/aromatic N) is 4. The van der Waals surface area contributed by atoms with E-state index in [1.165, 1.54) is 19.4 Å². The molecule has 0 aliphatic heterocycles. The second-order valence-electron chi connectivity index (χ2n) is 11.6. The summed E-state index contributed by atoms with van der Waals surface area (Å²) in [5.41, 5.74) is -0.694. The van der Waals surface area contributed by atoms with E-state index in [0.717, 1.165) is 10.4 Å². The molecule has 1 atom stereocenters. The molecule has 3 aromatic carbocycles. The van der Waals surface area contributed by atoms with Crippen molar-refractivity contribution in [3.8, 4) is 11.6 Å². The Labute approximate surface area is 262 Å². The van der Waals surface area contributed by atoms with Crippen molar-refractivity contribution in [2.75, 3.05) is 19.8 Å². The van der Waals surface area contributed by atoms with Crippen LogP contribution in [0.1, 0.15) is 27.7 Å². The number of halogens is 1. The Bertz CT molecular complexity index is 1690. The molecule has 0 aliphatic carbocycles. The maximum Gasteiger partial charge on any atom is 0.350 e. The molecule has 0 amide bonds. The number of carbonyl (C=O) groups is 1. The standard InChI is InChI=1S/C33H35ClN4O5Si/c1-32(2,3)44(24-13-7-5-8-14-24,25-15-9-6-10-16-25)42-20-19-41-22-33(4,31(39)40)43-30-26-21-37-38(29(26)35-23-36-30)28-18-12-11-17-27(28)34/h5-18,21,23H,19-20,22H2,1-4H3,(H,39,40)/t33-/m0/s1. The minimum Gasteiger partial charge on any atom is -0.478 e. The van der Waals surface area contributed by atoms with Crippen LogP contribution >= 0.6 is 11.6 Å². The molecular weight excluding hydrogens is 596 g/mol. The molecule has 5 aromatic rings. The molecule has 11 heteroatoms. The number of para-hydroxylation sites is 1. The van der Waals surface area contributed by atoms with Gasteiger partial charge in [-0.15, -0.1) is 0 Å². The van der Waals surface area contributed by atoms with E-state index in [1.807, 2.05) is 54.6 Å². The number of ether oxygens (including phenoxy) is 2. The van der Waals surface area contributed by atoms with Gasteiger partial charge in [0.25, 0.3) is 8.32 Å². The molecule has 0 spiro atoms. The summed E-state index contributed by atoms with van der Waals surface area (Å²) < 4.78 is 20.3. The van der Waals surface area contributed by atoms with Gasteiger partial charge in [-0.05, 0) is 34.5 Å². The van der Waals surface area contributed by atoms with Crippen molar-refractivity contribution < 1.29 is 23.8 Å². The molecule has 228 valence electrons. The summed E-state index contributed by atoms with van der Waals surface area (Å²) >= 11 is 6.37. The molecule has 0 saturated carbocycles. The van der Waals surface area contributed by atoms with Crippen LogP contribution in [0.5, 0.6) is 5.88 Å². The Kier molecular flexibility index (Phi) is 9.17. The van der Waals surface area contributed by atoms with E-state index >= 15 is 0 Å². The smallest absolute Gasteiger partial charge is 0.350 e. The molecule has 2 aromatic heterocycles. The number of hydrogen-bond acceptors (Lipinski definition) is 7. The Morgan fingerprint density at radius 2 is 1.50 bits per heavy atom. The zero-order chi connectivity index (χ0) is 31.4. The summed E-state index contributed by atoms with van der Waals surface area (Å²) in [7, 11) is -2.75. The first-order valence-electron chi connectivity index (χ1n) is 14.3. The van der Waals surface area contributed by atoms with Crippen LogP contribution in [0.15, 0.2) is 97.5 Å². The first-order valence-corrected chi connectivity index (χ1v) is 16.5. The van der Waals surface area contributed by atoms with Crippen LogP contribution < -0.4 is 15.1 Å². The van der Waals surface area contributed by atoms with E-state index in [0.29, 0.717) is 21.7 Å². The van der Waals surface area contributed by atoms with Crippen LogP contribution in [0, 0.1) is 0 Å². The molecule has 44 heavy (non-hydrogen) atoms. The lowest BCUT2D eigenvalue weighted by molar-refractivity contribution is -0.159. The van der Waals surface area contributed by atoms with Crippen LogP contribution in [-0.4, -0.2) is 64.6 Å². The lowest BCUT2D eigenvalue weighted by Crippen LogP contribution is -2.66. The van der Waals surface area contributed by atoms with Crippen LogP contribution in [-0.2, 0) is 14.0 Å². The Hall–Kier alpha value is -4.09. The molecule has 5 rings (SSSR count). The fraction of sp³-hybridized carbons (Fsp3) is 0.273. The average Bonchev–Trinajstić information content (AvgIpc) is 3.44. The monoisotopic (exact) mass is 630 g/mol. The molecule has 0 radical (unpaired) electrons. The van der Waals surface area contributed by atoms with Gasteiger partial charge < -0.3 is 19.0 Å². The van der Waals surface area contributed by atoms with Gasteiger partial charge in [0.1, 0.15) is 11.7 Å². The van der Waals surface area contributed by atoms with Crippen LogP contribution in [0.3, 0.4) is 0 Å². The first-order chi connectivity index (χ1) is 21.1. The molecule has 2 heterocycles. The van der Waals surface area contributed by atoms with E-state index in [-0.39, 0.29) is 30.7 Å². The van der Waals surface area contributed by atoms with Gasteiger partial charge in [-0.3, -0.25) is 0 Å². The summed E-state index contributed by atoms with van der Waals surface area (Å²) in [6.45, 7) is 8.25. The Morgan fingerprint density at radius 3 is 2.09 bits per heavy atom. The minimum absolute atomic E-state index is 0.0744. The fourth-order valence-corrected chi connectivity index (χ4v) is 10.1. The van der Waals surface area contributed by atoms with E-state index in [9.17, 15) is 9.90 Å². The van der Waals surface area contributed by atoms with Gasteiger partial charge in [0.05, 0.1) is 36.7 Å². The maximum atomic E-state index is 12.4. The zero-order valence-corrected chi connectivity index (χ0v) is 26.9. The number of carboxylic acids is 1. The predicted octanol–water partition coefficient (Wildman–Crippen LogP) is 5.28. The number of rotatable bonds is 12. The zero-order valence-electron chi connectivity index (χ0n) is 25.1. The Balaban J connectivity index is 1.32. The third-order valence-corrected chi connectivity index (χ3v) is 12.9. The quantitative estimate of drug-likeness (QED) is 0.146. The highest BCUT2D eigenvalue weighted by Crippen LogP contribution is 2.36. The first kappa shape index (κ1) is 31.3. The SMILES string of the molecule is CC(C)(C)[Si](OCCOC[C@](C)(Oc1ncnc2c1cnn2-c1ccccc1Cl)C(=O)O)(c1ccccc1)c1ccccc1. The third-order valence-electron chi connectivity index (χ3n) is 7.52. The van der Waals surface area contributed by atoms with Crippen molar-refractivity contribution in [2.24, 2.45) is 0 Å². The highest BCUT2D eigenvalue weighted by molar-refractivity contribution is 6.99. The minimum atomic E-state index is -2.75. The number of aromatic nitrogens is 4. The van der Waals surface area contributed by atoms with Gasteiger partial charge >= 0.3 is 5.97 Å². The molecule has 0 bridgehead atoms. The molecule has 0 aliphatic rings. The fourth-order valence-electron chi connectivity index (χ4n) is 5.33. The van der Waals surface area contributed by atoms with Crippen LogP contribution in [0.4, 0.5) is 0 Å². The number of benzene rings is 3. The average molecular weight is 631 g/mol. The second-order valence-corrected chi connectivity index (χ2v) is 16.3. The van der Waals surface area contributed by atoms with E-state index in [1.54, 1.807) is 10.7 Å². The van der Waals surface area contributed by atoms with Gasteiger partial charge in [0, 0.05) is 0 Å². The van der Waals surface area contributed by atoms with Crippen LogP contribution in [0.2, 0.25) is 10.1 Å². The number of fused-ring (bicyclic) bond motifs is 1. The lowest BCUT2D eigenvalue weighted by atomic mass is 10.1. The van der Waals surface area contributed by atoms with Crippen molar-refractivity contribution >= 4 is 47.3 Å². The summed E-state index contributed by atoms with van der Waals surface area (Å²) in [5.74, 6) is -1.12. The summed E-state index contributed by atoms with van der Waals surface area (Å²) in [5, 5.41) is 17.6. The van der Waals surface area contributed by atoms with Crippen molar-refractivity contribution in [3.63, 3.8) is 0 Å². The third kappa shape index (κ3) is 6.11. The molecular formula is C33H35ClN4O5Si. The van der Waals surface area contributed by atoms with Crippen molar-refractivity contribution in [1.29, 1.82) is 0 Å². The van der Waals surface area contributed by atoms with E-state index < -0.39 is 19.9 Å². The van der Waals surface area contributed by atoms with E-state index in [4.69, 9.17) is 25.5 Å². The number of aliphatic carboxylic acids is 1. The van der Waals surface area contributed by atoms with E-state index in [2.05, 4.69) is 60.1 Å². The van der Waals surface area contributed by atoms with Gasteiger partial charge in [-0.2, -0.15) is 5.10 Å². The Morgan fingerprint density at radius 1 is 0.886 bits per heavy atom. The van der Waals surface area contributed by atoms with Crippen LogP contribution in [0.25, 0.3) is 16.7 Å². The second kappa shape index (κ2) is 12.9. The van der Waals surface area contributed by atoms with Crippen molar-refractivity contribution in [1.82, 2.24) is 19.7 Å². The van der Waals surface area contributed by atoms with Gasteiger partial charge in [-0.1, -0.05) is 105 Å². The molecule has 0 saturated heterocycles. The maximum absolute atomic E-state index is 12.4. The van der Waals surface area contributed by atoms with Crippen molar-refractivity contribution in [2.45, 2.75) is 38.3 Å². The molecule has 1 N–H and O–H groups in total. The van der Waals surface area contributed by atoms with Crippen molar-refractivity contribution in [3.05, 3.63) is 102 Å². The summed E-state index contributed by atoms with van der Waals surface area (Å²) in [6, 6.07) is 27.8. The summed E-state index contributed by atoms with van der Waals surface area (Å²) in [6.07, 6.45) is 2.82. The molecule has 9 nitrogen and oxygen atoms in total. The number of carboxylic acid groups (broad SMARTS) is 1.